The number of likely N-dealkylation sites (tertiary alicyclic amines) is 1. The summed E-state index contributed by atoms with van der Waals surface area (Å²) in [5.41, 5.74) is 1.22. The molecule has 0 saturated carbocycles. The van der Waals surface area contributed by atoms with E-state index < -0.39 is 0 Å². The third-order valence-corrected chi connectivity index (χ3v) is 4.10. The molecule has 2 rings (SSSR count). The molecule has 136 valence electrons. The van der Waals surface area contributed by atoms with Crippen molar-refractivity contribution in [3.63, 3.8) is 0 Å². The van der Waals surface area contributed by atoms with Gasteiger partial charge in [-0.2, -0.15) is 0 Å². The van der Waals surface area contributed by atoms with Gasteiger partial charge < -0.3 is 19.7 Å². The monoisotopic (exact) mass is 447 g/mol. The lowest BCUT2D eigenvalue weighted by Gasteiger charge is -2.33. The summed E-state index contributed by atoms with van der Waals surface area (Å²) in [5.74, 6) is 2.61. The predicted octanol–water partition coefficient (Wildman–Crippen LogP) is 3.14. The lowest BCUT2D eigenvalue weighted by Crippen LogP contribution is -2.45. The highest BCUT2D eigenvalue weighted by atomic mass is 127. The van der Waals surface area contributed by atoms with Crippen molar-refractivity contribution in [2.75, 3.05) is 40.5 Å². The van der Waals surface area contributed by atoms with Crippen molar-refractivity contribution in [1.82, 2.24) is 10.2 Å². The van der Waals surface area contributed by atoms with Crippen LogP contribution in [0.25, 0.3) is 0 Å². The molecule has 1 aliphatic rings. The van der Waals surface area contributed by atoms with Crippen LogP contribution < -0.4 is 10.1 Å². The average molecular weight is 447 g/mol. The molecule has 1 fully saturated rings. The molecule has 1 aromatic rings. The number of nitrogens with zero attached hydrogens (tertiary/aromatic N) is 2. The molecule has 1 aliphatic heterocycles. The molecule has 1 heterocycles. The summed E-state index contributed by atoms with van der Waals surface area (Å²) in [4.78, 5) is 6.78. The van der Waals surface area contributed by atoms with Crippen LogP contribution in [0.1, 0.15) is 25.3 Å². The number of benzene rings is 1. The molecule has 1 saturated heterocycles. The first-order valence-corrected chi connectivity index (χ1v) is 8.39. The summed E-state index contributed by atoms with van der Waals surface area (Å²) in [5, 5.41) is 3.46. The summed E-state index contributed by atoms with van der Waals surface area (Å²) < 4.78 is 10.6. The highest BCUT2D eigenvalue weighted by Crippen LogP contribution is 2.16. The van der Waals surface area contributed by atoms with E-state index >= 15 is 0 Å². The van der Waals surface area contributed by atoms with Crippen LogP contribution in [0.3, 0.4) is 0 Å². The Labute approximate surface area is 162 Å². The van der Waals surface area contributed by atoms with E-state index in [1.807, 2.05) is 19.2 Å². The standard InChI is InChI=1S/C18H29N3O2.HI/c1-15-5-4-10-21(14-15)18(19-2)20-13-16-6-8-17(9-7-16)23-12-11-22-3;/h6-9,15H,4-5,10-14H2,1-3H3,(H,19,20);1H. The Kier molecular flexibility index (Phi) is 10.1. The first-order valence-electron chi connectivity index (χ1n) is 8.39. The van der Waals surface area contributed by atoms with Gasteiger partial charge in [-0.05, 0) is 36.5 Å². The number of hydrogen-bond acceptors (Lipinski definition) is 3. The zero-order valence-corrected chi connectivity index (χ0v) is 17.3. The van der Waals surface area contributed by atoms with Gasteiger partial charge in [0.2, 0.25) is 0 Å². The van der Waals surface area contributed by atoms with Crippen LogP contribution in [0.2, 0.25) is 0 Å². The predicted molar refractivity (Wildman–Crippen MR) is 109 cm³/mol. The van der Waals surface area contributed by atoms with E-state index in [0.717, 1.165) is 37.3 Å². The largest absolute Gasteiger partial charge is 0.491 e. The van der Waals surface area contributed by atoms with Gasteiger partial charge in [-0.3, -0.25) is 4.99 Å². The minimum Gasteiger partial charge on any atom is -0.491 e. The van der Waals surface area contributed by atoms with Gasteiger partial charge in [0.1, 0.15) is 12.4 Å². The third-order valence-electron chi connectivity index (χ3n) is 4.10. The van der Waals surface area contributed by atoms with Crippen LogP contribution in [0, 0.1) is 5.92 Å². The van der Waals surface area contributed by atoms with Crippen molar-refractivity contribution >= 4 is 29.9 Å². The Morgan fingerprint density at radius 1 is 1.29 bits per heavy atom. The van der Waals surface area contributed by atoms with Crippen molar-refractivity contribution in [3.05, 3.63) is 29.8 Å². The van der Waals surface area contributed by atoms with Crippen molar-refractivity contribution in [2.45, 2.75) is 26.3 Å². The minimum absolute atomic E-state index is 0. The number of methoxy groups -OCH3 is 1. The highest BCUT2D eigenvalue weighted by molar-refractivity contribution is 14.0. The molecule has 0 radical (unpaired) electrons. The molecular weight excluding hydrogens is 417 g/mol. The highest BCUT2D eigenvalue weighted by Gasteiger charge is 2.18. The van der Waals surface area contributed by atoms with Crippen LogP contribution >= 0.6 is 24.0 Å². The summed E-state index contributed by atoms with van der Waals surface area (Å²) in [6.07, 6.45) is 2.56. The van der Waals surface area contributed by atoms with E-state index in [1.54, 1.807) is 7.11 Å². The van der Waals surface area contributed by atoms with Gasteiger partial charge in [-0.1, -0.05) is 19.1 Å². The Balaban J connectivity index is 0.00000288. The normalized spacial score (nSPS) is 18.0. The maximum Gasteiger partial charge on any atom is 0.193 e. The van der Waals surface area contributed by atoms with Crippen molar-refractivity contribution in [3.8, 4) is 5.75 Å². The zero-order valence-electron chi connectivity index (χ0n) is 15.0. The van der Waals surface area contributed by atoms with Gasteiger partial charge in [0.05, 0.1) is 6.61 Å². The van der Waals surface area contributed by atoms with Crippen LogP contribution in [0.15, 0.2) is 29.3 Å². The smallest absolute Gasteiger partial charge is 0.193 e. The number of halogens is 1. The second kappa shape index (κ2) is 11.5. The van der Waals surface area contributed by atoms with E-state index in [0.29, 0.717) is 13.2 Å². The summed E-state index contributed by atoms with van der Waals surface area (Å²) in [7, 11) is 3.53. The quantitative estimate of drug-likeness (QED) is 0.315. The molecule has 0 aromatic heterocycles. The summed E-state index contributed by atoms with van der Waals surface area (Å²) in [6, 6.07) is 8.17. The molecule has 0 bridgehead atoms. The van der Waals surface area contributed by atoms with E-state index in [-0.39, 0.29) is 24.0 Å². The number of piperidine rings is 1. The van der Waals surface area contributed by atoms with Crippen LogP contribution in [-0.4, -0.2) is 51.3 Å². The zero-order chi connectivity index (χ0) is 16.5. The minimum atomic E-state index is 0. The van der Waals surface area contributed by atoms with Crippen LogP contribution in [-0.2, 0) is 11.3 Å². The van der Waals surface area contributed by atoms with Gasteiger partial charge >= 0.3 is 0 Å². The Hall–Kier alpha value is -1.02. The van der Waals surface area contributed by atoms with Crippen LogP contribution in [0.4, 0.5) is 0 Å². The fraction of sp³-hybridized carbons (Fsp3) is 0.611. The molecule has 1 atom stereocenters. The number of hydrogen-bond donors (Lipinski definition) is 1. The molecular formula is C18H30IN3O2. The van der Waals surface area contributed by atoms with Gasteiger partial charge in [0.25, 0.3) is 0 Å². The second-order valence-corrected chi connectivity index (χ2v) is 6.08. The SMILES string of the molecule is CN=C(NCc1ccc(OCCOC)cc1)N1CCCC(C)C1.I. The number of nitrogens with one attached hydrogen (secondary N) is 1. The first kappa shape index (κ1) is 21.0. The first-order chi connectivity index (χ1) is 11.2. The average Bonchev–Trinajstić information content (AvgIpc) is 2.57. The molecule has 0 spiro atoms. The topological polar surface area (TPSA) is 46.1 Å². The number of guanidine groups is 1. The molecule has 5 nitrogen and oxygen atoms in total. The lowest BCUT2D eigenvalue weighted by atomic mass is 10.0. The molecule has 1 N–H and O–H groups in total. The Morgan fingerprint density at radius 3 is 2.67 bits per heavy atom. The molecule has 1 aromatic carbocycles. The number of rotatable bonds is 6. The lowest BCUT2D eigenvalue weighted by molar-refractivity contribution is 0.146. The van der Waals surface area contributed by atoms with Crippen LogP contribution in [0.5, 0.6) is 5.75 Å². The van der Waals surface area contributed by atoms with Crippen molar-refractivity contribution in [1.29, 1.82) is 0 Å². The fourth-order valence-electron chi connectivity index (χ4n) is 2.84. The summed E-state index contributed by atoms with van der Waals surface area (Å²) >= 11 is 0. The van der Waals surface area contributed by atoms with Gasteiger partial charge in [0.15, 0.2) is 5.96 Å². The van der Waals surface area contributed by atoms with E-state index in [9.17, 15) is 0 Å². The Morgan fingerprint density at radius 2 is 2.04 bits per heavy atom. The summed E-state index contributed by atoms with van der Waals surface area (Å²) in [6.45, 7) is 6.45. The molecule has 0 amide bonds. The Bertz CT molecular complexity index is 494. The second-order valence-electron chi connectivity index (χ2n) is 6.08. The number of ether oxygens (including phenoxy) is 2. The van der Waals surface area contributed by atoms with Gasteiger partial charge in [0, 0.05) is 33.8 Å². The van der Waals surface area contributed by atoms with E-state index in [1.165, 1.54) is 18.4 Å². The molecule has 0 aliphatic carbocycles. The maximum atomic E-state index is 5.58. The third kappa shape index (κ3) is 6.84. The van der Waals surface area contributed by atoms with E-state index in [4.69, 9.17) is 9.47 Å². The fourth-order valence-corrected chi connectivity index (χ4v) is 2.84. The van der Waals surface area contributed by atoms with Crippen molar-refractivity contribution < 1.29 is 9.47 Å². The molecule has 6 heteroatoms. The molecule has 1 unspecified atom stereocenters. The molecule has 24 heavy (non-hydrogen) atoms. The van der Waals surface area contributed by atoms with Gasteiger partial charge in [-0.25, -0.2) is 0 Å². The maximum absolute atomic E-state index is 5.58. The van der Waals surface area contributed by atoms with Gasteiger partial charge in [-0.15, -0.1) is 24.0 Å². The van der Waals surface area contributed by atoms with E-state index in [2.05, 4.69) is 34.3 Å². The number of aliphatic imine (C=N–C) groups is 1. The van der Waals surface area contributed by atoms with Crippen molar-refractivity contribution in [2.24, 2.45) is 10.9 Å².